The summed E-state index contributed by atoms with van der Waals surface area (Å²) in [5.74, 6) is 6.17. The molecule has 0 aliphatic carbocycles. The third-order valence-corrected chi connectivity index (χ3v) is 2.76. The first-order valence-corrected chi connectivity index (χ1v) is 6.97. The fourth-order valence-electron chi connectivity index (χ4n) is 1.87. The molecule has 0 fully saturated rings. The number of guanidine groups is 1. The number of unbranched alkanes of at least 4 members (excludes halogenated alkanes) is 1. The van der Waals surface area contributed by atoms with Crippen LogP contribution >= 0.6 is 0 Å². The Bertz CT molecular complexity index is 221. The Morgan fingerprint density at radius 1 is 1.28 bits per heavy atom. The molecule has 4 N–H and O–H groups in total. The molecule has 2 unspecified atom stereocenters. The van der Waals surface area contributed by atoms with E-state index in [-0.39, 0.29) is 6.04 Å². The van der Waals surface area contributed by atoms with Crippen LogP contribution in [-0.2, 0) is 4.74 Å². The summed E-state index contributed by atoms with van der Waals surface area (Å²) in [6.07, 6.45) is 5.78. The third-order valence-electron chi connectivity index (χ3n) is 2.76. The summed E-state index contributed by atoms with van der Waals surface area (Å²) < 4.78 is 5.08. The first kappa shape index (κ1) is 17.2. The molecular weight excluding hydrogens is 228 g/mol. The van der Waals surface area contributed by atoms with Gasteiger partial charge >= 0.3 is 0 Å². The fourth-order valence-corrected chi connectivity index (χ4v) is 1.87. The topological polar surface area (TPSA) is 71.7 Å². The van der Waals surface area contributed by atoms with E-state index in [2.05, 4.69) is 29.6 Å². The van der Waals surface area contributed by atoms with Crippen LogP contribution in [0.4, 0.5) is 0 Å². The largest absolute Gasteiger partial charge is 0.383 e. The van der Waals surface area contributed by atoms with Gasteiger partial charge in [-0.3, -0.25) is 5.43 Å². The Kier molecular flexibility index (Phi) is 10.8. The van der Waals surface area contributed by atoms with E-state index in [9.17, 15) is 0 Å². The van der Waals surface area contributed by atoms with Crippen molar-refractivity contribution in [1.29, 1.82) is 0 Å². The fraction of sp³-hybridized carbons (Fsp3) is 0.923. The third kappa shape index (κ3) is 8.31. The molecule has 2 atom stereocenters. The molecule has 0 saturated heterocycles. The summed E-state index contributed by atoms with van der Waals surface area (Å²) in [6, 6.07) is 0.543. The highest BCUT2D eigenvalue weighted by Crippen LogP contribution is 2.10. The smallest absolute Gasteiger partial charge is 0.206 e. The van der Waals surface area contributed by atoms with Crippen LogP contribution in [0.2, 0.25) is 0 Å². The zero-order valence-corrected chi connectivity index (χ0v) is 12.3. The Hall–Kier alpha value is -0.810. The number of hydrogen-bond acceptors (Lipinski definition) is 3. The van der Waals surface area contributed by atoms with Crippen molar-refractivity contribution in [3.05, 3.63) is 0 Å². The lowest BCUT2D eigenvalue weighted by atomic mass is 10.1. The van der Waals surface area contributed by atoms with Crippen molar-refractivity contribution in [2.24, 2.45) is 10.8 Å². The number of ether oxygens (including phenoxy) is 1. The van der Waals surface area contributed by atoms with Gasteiger partial charge in [-0.1, -0.05) is 33.1 Å². The molecule has 0 aliphatic rings. The number of hydrazine groups is 1. The van der Waals surface area contributed by atoms with Crippen molar-refractivity contribution in [1.82, 2.24) is 10.7 Å². The number of nitrogens with two attached hydrogens (primary N) is 1. The lowest BCUT2D eigenvalue weighted by molar-refractivity contribution is 0.179. The quantitative estimate of drug-likeness (QED) is 0.255. The van der Waals surface area contributed by atoms with Crippen molar-refractivity contribution < 1.29 is 4.74 Å². The van der Waals surface area contributed by atoms with Crippen LogP contribution in [0.5, 0.6) is 0 Å². The summed E-state index contributed by atoms with van der Waals surface area (Å²) in [4.78, 5) is 4.66. The van der Waals surface area contributed by atoms with E-state index in [1.54, 1.807) is 7.11 Å². The summed E-state index contributed by atoms with van der Waals surface area (Å²) in [5, 5.41) is 3.22. The molecule has 0 bridgehead atoms. The highest BCUT2D eigenvalue weighted by Gasteiger charge is 2.09. The second kappa shape index (κ2) is 11.3. The minimum atomic E-state index is 0.193. The van der Waals surface area contributed by atoms with Gasteiger partial charge in [0.1, 0.15) is 0 Å². The van der Waals surface area contributed by atoms with Crippen molar-refractivity contribution in [2.45, 2.75) is 65.0 Å². The van der Waals surface area contributed by atoms with Gasteiger partial charge in [-0.2, -0.15) is 0 Å². The molecule has 0 aromatic rings. The molecule has 5 nitrogen and oxygen atoms in total. The lowest BCUT2D eigenvalue weighted by Gasteiger charge is -2.18. The molecule has 0 aromatic heterocycles. The van der Waals surface area contributed by atoms with Gasteiger partial charge in [0.2, 0.25) is 5.96 Å². The molecule has 0 rings (SSSR count). The molecule has 0 aromatic carbocycles. The van der Waals surface area contributed by atoms with Gasteiger partial charge in [0.25, 0.3) is 0 Å². The maximum absolute atomic E-state index is 5.51. The minimum absolute atomic E-state index is 0.193. The van der Waals surface area contributed by atoms with Gasteiger partial charge in [0.15, 0.2) is 0 Å². The van der Waals surface area contributed by atoms with Gasteiger partial charge in [0.05, 0.1) is 12.6 Å². The van der Waals surface area contributed by atoms with Crippen molar-refractivity contribution in [3.63, 3.8) is 0 Å². The zero-order valence-electron chi connectivity index (χ0n) is 12.3. The summed E-state index contributed by atoms with van der Waals surface area (Å²) in [6.45, 7) is 7.06. The minimum Gasteiger partial charge on any atom is -0.383 e. The molecular formula is C13H30N4O. The molecule has 0 radical (unpaired) electrons. The van der Waals surface area contributed by atoms with Gasteiger partial charge in [-0.15, -0.1) is 0 Å². The van der Waals surface area contributed by atoms with Crippen LogP contribution in [0.3, 0.4) is 0 Å². The maximum Gasteiger partial charge on any atom is 0.206 e. The molecule has 18 heavy (non-hydrogen) atoms. The lowest BCUT2D eigenvalue weighted by Crippen LogP contribution is -2.47. The van der Waals surface area contributed by atoms with Gasteiger partial charge in [-0.05, 0) is 19.8 Å². The first-order chi connectivity index (χ1) is 8.67. The highest BCUT2D eigenvalue weighted by atomic mass is 16.5. The number of aliphatic imine (C=N–C) groups is 1. The van der Waals surface area contributed by atoms with Crippen LogP contribution in [0.25, 0.3) is 0 Å². The number of nitrogens with one attached hydrogen (secondary N) is 2. The van der Waals surface area contributed by atoms with Crippen LogP contribution in [0, 0.1) is 0 Å². The molecule has 0 heterocycles. The van der Waals surface area contributed by atoms with E-state index in [1.165, 1.54) is 12.8 Å². The Morgan fingerprint density at radius 2 is 2.00 bits per heavy atom. The Morgan fingerprint density at radius 3 is 2.50 bits per heavy atom. The molecule has 108 valence electrons. The van der Waals surface area contributed by atoms with Crippen molar-refractivity contribution in [3.8, 4) is 0 Å². The van der Waals surface area contributed by atoms with E-state index in [1.807, 2.05) is 6.92 Å². The van der Waals surface area contributed by atoms with E-state index >= 15 is 0 Å². The van der Waals surface area contributed by atoms with Crippen molar-refractivity contribution >= 4 is 5.96 Å². The predicted molar refractivity (Wildman–Crippen MR) is 77.5 cm³/mol. The van der Waals surface area contributed by atoms with Crippen LogP contribution in [-0.4, -0.2) is 31.8 Å². The highest BCUT2D eigenvalue weighted by molar-refractivity contribution is 5.79. The molecule has 0 spiro atoms. The number of hydrogen-bond donors (Lipinski definition) is 3. The van der Waals surface area contributed by atoms with E-state index in [0.717, 1.165) is 19.3 Å². The van der Waals surface area contributed by atoms with Gasteiger partial charge in [0, 0.05) is 13.2 Å². The summed E-state index contributed by atoms with van der Waals surface area (Å²) >= 11 is 0. The Balaban J connectivity index is 4.38. The van der Waals surface area contributed by atoms with Crippen LogP contribution in [0.1, 0.15) is 52.9 Å². The maximum atomic E-state index is 5.51. The second-order valence-electron chi connectivity index (χ2n) is 4.71. The van der Waals surface area contributed by atoms with E-state index in [4.69, 9.17) is 10.6 Å². The Labute approximate surface area is 112 Å². The van der Waals surface area contributed by atoms with E-state index < -0.39 is 0 Å². The standard InChI is InChI=1S/C13H30N4O/c1-5-7-9-12(8-6-2)16-13(17-14)15-11(3)10-18-4/h11-12H,5-10,14H2,1-4H3,(H2,15,16,17). The van der Waals surface area contributed by atoms with Gasteiger partial charge < -0.3 is 10.1 Å². The number of methoxy groups -OCH3 is 1. The summed E-state index contributed by atoms with van der Waals surface area (Å²) in [5.41, 5.74) is 2.64. The predicted octanol–water partition coefficient (Wildman–Crippen LogP) is 1.79. The second-order valence-corrected chi connectivity index (χ2v) is 4.71. The van der Waals surface area contributed by atoms with E-state index in [0.29, 0.717) is 18.6 Å². The van der Waals surface area contributed by atoms with Crippen LogP contribution < -0.4 is 16.6 Å². The van der Waals surface area contributed by atoms with Gasteiger partial charge in [-0.25, -0.2) is 10.8 Å². The normalized spacial score (nSPS) is 15.3. The average molecular weight is 258 g/mol. The molecule has 5 heteroatoms. The number of nitrogens with zero attached hydrogens (tertiary/aromatic N) is 1. The molecule has 0 amide bonds. The molecule has 0 aliphatic heterocycles. The summed E-state index contributed by atoms with van der Waals surface area (Å²) in [7, 11) is 1.69. The monoisotopic (exact) mass is 258 g/mol. The van der Waals surface area contributed by atoms with Crippen molar-refractivity contribution in [2.75, 3.05) is 13.7 Å². The average Bonchev–Trinajstić information content (AvgIpc) is 2.35. The first-order valence-electron chi connectivity index (χ1n) is 6.97. The van der Waals surface area contributed by atoms with Crippen LogP contribution in [0.15, 0.2) is 4.99 Å². The number of rotatable bonds is 9. The molecule has 0 saturated carbocycles. The SMILES string of the molecule is CCCCC(CCC)N=C(NN)NC(C)COC. The zero-order chi connectivity index (χ0) is 13.8.